The average molecular weight is 381 g/mol. The van der Waals surface area contributed by atoms with Gasteiger partial charge >= 0.3 is 0 Å². The van der Waals surface area contributed by atoms with Crippen molar-refractivity contribution in [3.05, 3.63) is 59.2 Å². The highest BCUT2D eigenvalue weighted by Gasteiger charge is 2.17. The van der Waals surface area contributed by atoms with Gasteiger partial charge in [0.05, 0.1) is 19.6 Å². The number of piperidine rings is 1. The molecule has 0 aliphatic carbocycles. The number of ether oxygens (including phenoxy) is 1. The SMILES string of the molecule is COc1ccc(CC(=O)NC(C)c2ccc(N3CCCC(C)C3)cc2)cc1C. The summed E-state index contributed by atoms with van der Waals surface area (Å²) in [5.41, 5.74) is 4.46. The zero-order valence-corrected chi connectivity index (χ0v) is 17.5. The first-order chi connectivity index (χ1) is 13.5. The van der Waals surface area contributed by atoms with Gasteiger partial charge in [-0.05, 0) is 67.5 Å². The highest BCUT2D eigenvalue weighted by atomic mass is 16.5. The maximum absolute atomic E-state index is 12.5. The van der Waals surface area contributed by atoms with Gasteiger partial charge in [0, 0.05) is 18.8 Å². The molecule has 2 aromatic rings. The van der Waals surface area contributed by atoms with Crippen LogP contribution in [0.1, 0.15) is 49.4 Å². The van der Waals surface area contributed by atoms with Crippen molar-refractivity contribution in [1.82, 2.24) is 5.32 Å². The molecule has 4 heteroatoms. The number of methoxy groups -OCH3 is 1. The average Bonchev–Trinajstić information content (AvgIpc) is 2.68. The molecule has 2 unspecified atom stereocenters. The molecular weight excluding hydrogens is 348 g/mol. The highest BCUT2D eigenvalue weighted by molar-refractivity contribution is 5.79. The molecule has 1 fully saturated rings. The van der Waals surface area contributed by atoms with E-state index in [1.165, 1.54) is 18.5 Å². The molecule has 2 aromatic carbocycles. The molecule has 28 heavy (non-hydrogen) atoms. The smallest absolute Gasteiger partial charge is 0.224 e. The summed E-state index contributed by atoms with van der Waals surface area (Å²) in [6.07, 6.45) is 2.96. The Morgan fingerprint density at radius 3 is 2.64 bits per heavy atom. The van der Waals surface area contributed by atoms with Crippen LogP contribution in [0.25, 0.3) is 0 Å². The van der Waals surface area contributed by atoms with Crippen LogP contribution < -0.4 is 15.0 Å². The maximum Gasteiger partial charge on any atom is 0.224 e. The van der Waals surface area contributed by atoms with Crippen LogP contribution in [0.5, 0.6) is 5.75 Å². The third-order valence-electron chi connectivity index (χ3n) is 5.62. The van der Waals surface area contributed by atoms with Crippen molar-refractivity contribution >= 4 is 11.6 Å². The first kappa shape index (κ1) is 20.2. The van der Waals surface area contributed by atoms with E-state index in [0.717, 1.165) is 41.4 Å². The van der Waals surface area contributed by atoms with Crippen molar-refractivity contribution in [1.29, 1.82) is 0 Å². The number of benzene rings is 2. The zero-order valence-electron chi connectivity index (χ0n) is 17.5. The van der Waals surface area contributed by atoms with Crippen LogP contribution in [-0.4, -0.2) is 26.1 Å². The van der Waals surface area contributed by atoms with Gasteiger partial charge in [0.1, 0.15) is 5.75 Å². The molecule has 1 amide bonds. The molecule has 1 aliphatic rings. The van der Waals surface area contributed by atoms with Gasteiger partial charge in [-0.2, -0.15) is 0 Å². The van der Waals surface area contributed by atoms with Crippen molar-refractivity contribution in [2.45, 2.75) is 46.1 Å². The topological polar surface area (TPSA) is 41.6 Å². The normalized spacial score (nSPS) is 17.9. The number of carbonyl (C=O) groups excluding carboxylic acids is 1. The van der Waals surface area contributed by atoms with E-state index >= 15 is 0 Å². The van der Waals surface area contributed by atoms with Gasteiger partial charge in [0.15, 0.2) is 0 Å². The molecule has 0 bridgehead atoms. The van der Waals surface area contributed by atoms with Crippen molar-refractivity contribution in [3.8, 4) is 5.75 Å². The fourth-order valence-electron chi connectivity index (χ4n) is 4.01. The van der Waals surface area contributed by atoms with Crippen molar-refractivity contribution in [2.75, 3.05) is 25.1 Å². The van der Waals surface area contributed by atoms with E-state index in [-0.39, 0.29) is 11.9 Å². The summed E-state index contributed by atoms with van der Waals surface area (Å²) < 4.78 is 5.28. The third kappa shape index (κ3) is 5.06. The molecular formula is C24H32N2O2. The number of rotatable bonds is 6. The largest absolute Gasteiger partial charge is 0.496 e. The van der Waals surface area contributed by atoms with Gasteiger partial charge < -0.3 is 15.0 Å². The molecule has 0 radical (unpaired) electrons. The Hall–Kier alpha value is -2.49. The molecule has 1 N–H and O–H groups in total. The van der Waals surface area contributed by atoms with Crippen LogP contribution in [0, 0.1) is 12.8 Å². The fraction of sp³-hybridized carbons (Fsp3) is 0.458. The van der Waals surface area contributed by atoms with E-state index in [0.29, 0.717) is 6.42 Å². The number of nitrogens with one attached hydrogen (secondary N) is 1. The molecule has 0 spiro atoms. The minimum Gasteiger partial charge on any atom is -0.496 e. The van der Waals surface area contributed by atoms with Crippen molar-refractivity contribution in [3.63, 3.8) is 0 Å². The first-order valence-corrected chi connectivity index (χ1v) is 10.2. The van der Waals surface area contributed by atoms with Gasteiger partial charge in [0.2, 0.25) is 5.91 Å². The minimum absolute atomic E-state index is 0.0128. The number of hydrogen-bond donors (Lipinski definition) is 1. The molecule has 2 atom stereocenters. The second-order valence-corrected chi connectivity index (χ2v) is 8.05. The number of aryl methyl sites for hydroxylation is 1. The monoisotopic (exact) mass is 380 g/mol. The molecule has 0 saturated carbocycles. The third-order valence-corrected chi connectivity index (χ3v) is 5.62. The van der Waals surface area contributed by atoms with Crippen LogP contribution in [0.2, 0.25) is 0 Å². The summed E-state index contributed by atoms with van der Waals surface area (Å²) in [5.74, 6) is 1.64. The molecule has 1 heterocycles. The van der Waals surface area contributed by atoms with Gasteiger partial charge in [0.25, 0.3) is 0 Å². The fourth-order valence-corrected chi connectivity index (χ4v) is 4.01. The zero-order chi connectivity index (χ0) is 20.1. The van der Waals surface area contributed by atoms with Crippen LogP contribution in [-0.2, 0) is 11.2 Å². The van der Waals surface area contributed by atoms with Crippen molar-refractivity contribution in [2.24, 2.45) is 5.92 Å². The second kappa shape index (κ2) is 9.13. The Kier molecular flexibility index (Phi) is 6.61. The molecule has 1 saturated heterocycles. The number of anilines is 1. The maximum atomic E-state index is 12.5. The lowest BCUT2D eigenvalue weighted by Gasteiger charge is -2.33. The van der Waals surface area contributed by atoms with E-state index in [1.807, 2.05) is 32.0 Å². The Bertz CT molecular complexity index is 801. The van der Waals surface area contributed by atoms with Gasteiger partial charge in [-0.1, -0.05) is 31.2 Å². The van der Waals surface area contributed by atoms with E-state index < -0.39 is 0 Å². The summed E-state index contributed by atoms with van der Waals surface area (Å²) in [6.45, 7) is 8.62. The summed E-state index contributed by atoms with van der Waals surface area (Å²) >= 11 is 0. The van der Waals surface area contributed by atoms with E-state index in [4.69, 9.17) is 4.74 Å². The molecule has 0 aromatic heterocycles. The summed E-state index contributed by atoms with van der Waals surface area (Å²) in [4.78, 5) is 14.9. The van der Waals surface area contributed by atoms with Crippen molar-refractivity contribution < 1.29 is 9.53 Å². The molecule has 4 nitrogen and oxygen atoms in total. The van der Waals surface area contributed by atoms with E-state index in [2.05, 4.69) is 41.4 Å². The summed E-state index contributed by atoms with van der Waals surface area (Å²) in [6, 6.07) is 14.5. The first-order valence-electron chi connectivity index (χ1n) is 10.2. The number of hydrogen-bond acceptors (Lipinski definition) is 3. The summed E-state index contributed by atoms with van der Waals surface area (Å²) in [7, 11) is 1.66. The Morgan fingerprint density at radius 2 is 2.00 bits per heavy atom. The lowest BCUT2D eigenvalue weighted by atomic mass is 9.99. The van der Waals surface area contributed by atoms with Crippen LogP contribution in [0.15, 0.2) is 42.5 Å². The van der Waals surface area contributed by atoms with Crippen LogP contribution in [0.3, 0.4) is 0 Å². The Morgan fingerprint density at radius 1 is 1.25 bits per heavy atom. The van der Waals surface area contributed by atoms with E-state index in [1.54, 1.807) is 7.11 Å². The lowest BCUT2D eigenvalue weighted by Crippen LogP contribution is -2.34. The minimum atomic E-state index is -0.0128. The van der Waals surface area contributed by atoms with E-state index in [9.17, 15) is 4.79 Å². The lowest BCUT2D eigenvalue weighted by molar-refractivity contribution is -0.121. The number of carbonyl (C=O) groups is 1. The quantitative estimate of drug-likeness (QED) is 0.792. The predicted octanol–water partition coefficient (Wildman–Crippen LogP) is 4.66. The summed E-state index contributed by atoms with van der Waals surface area (Å²) in [5, 5.41) is 3.11. The number of amides is 1. The number of nitrogens with zero attached hydrogens (tertiary/aromatic N) is 1. The van der Waals surface area contributed by atoms with Crippen LogP contribution >= 0.6 is 0 Å². The van der Waals surface area contributed by atoms with Crippen LogP contribution in [0.4, 0.5) is 5.69 Å². The molecule has 3 rings (SSSR count). The predicted molar refractivity (Wildman–Crippen MR) is 115 cm³/mol. The molecule has 150 valence electrons. The Balaban J connectivity index is 1.57. The standard InChI is InChI=1S/C24H32N2O2/c1-17-6-5-13-26(16-17)22-10-8-21(9-11-22)19(3)25-24(27)15-20-7-12-23(28-4)18(2)14-20/h7-12,14,17,19H,5-6,13,15-16H2,1-4H3,(H,25,27). The van der Waals surface area contributed by atoms with Gasteiger partial charge in [-0.25, -0.2) is 0 Å². The molecule has 1 aliphatic heterocycles. The second-order valence-electron chi connectivity index (χ2n) is 8.05. The van der Waals surface area contributed by atoms with Gasteiger partial charge in [-0.15, -0.1) is 0 Å². The Labute approximate surface area is 168 Å². The highest BCUT2D eigenvalue weighted by Crippen LogP contribution is 2.25. The van der Waals surface area contributed by atoms with Gasteiger partial charge in [-0.3, -0.25) is 4.79 Å².